The van der Waals surface area contributed by atoms with Crippen LogP contribution in [0.5, 0.6) is 0 Å². The number of hydrogen-bond acceptors (Lipinski definition) is 6. The van der Waals surface area contributed by atoms with Crippen molar-refractivity contribution in [3.05, 3.63) is 57.2 Å². The highest BCUT2D eigenvalue weighted by molar-refractivity contribution is 7.18. The van der Waals surface area contributed by atoms with E-state index in [0.717, 1.165) is 11.3 Å². The SMILES string of the molecule is CNC(=O)NC(=O)[C@@H](OC(=O)CCC(=O)c1ccc(Cl)s1)c1ccccc1. The van der Waals surface area contributed by atoms with Crippen molar-refractivity contribution in [1.29, 1.82) is 0 Å². The van der Waals surface area contributed by atoms with Crippen molar-refractivity contribution >= 4 is 46.6 Å². The Morgan fingerprint density at radius 1 is 1.07 bits per heavy atom. The van der Waals surface area contributed by atoms with Crippen molar-refractivity contribution in [3.8, 4) is 0 Å². The number of benzene rings is 1. The Morgan fingerprint density at radius 3 is 2.37 bits per heavy atom. The van der Waals surface area contributed by atoms with E-state index < -0.39 is 24.0 Å². The van der Waals surface area contributed by atoms with Gasteiger partial charge in [0.2, 0.25) is 6.10 Å². The van der Waals surface area contributed by atoms with Gasteiger partial charge in [0.1, 0.15) is 0 Å². The van der Waals surface area contributed by atoms with Crippen LogP contribution < -0.4 is 10.6 Å². The number of Topliss-reactive ketones (excluding diaryl/α,β-unsaturated/α-hetero) is 1. The van der Waals surface area contributed by atoms with Crippen LogP contribution in [0.2, 0.25) is 4.34 Å². The Bertz CT molecular complexity index is 837. The van der Waals surface area contributed by atoms with E-state index >= 15 is 0 Å². The molecule has 7 nitrogen and oxygen atoms in total. The number of rotatable bonds is 7. The van der Waals surface area contributed by atoms with Gasteiger partial charge in [0, 0.05) is 19.0 Å². The first kappa shape index (κ1) is 20.6. The second-order valence-electron chi connectivity index (χ2n) is 5.38. The molecular weight excluding hydrogens is 392 g/mol. The lowest BCUT2D eigenvalue weighted by molar-refractivity contribution is -0.156. The molecule has 3 amide bonds. The van der Waals surface area contributed by atoms with Crippen LogP contribution >= 0.6 is 22.9 Å². The predicted octanol–water partition coefficient (Wildman–Crippen LogP) is 3.10. The van der Waals surface area contributed by atoms with Gasteiger partial charge in [-0.2, -0.15) is 0 Å². The normalized spacial score (nSPS) is 11.3. The zero-order chi connectivity index (χ0) is 19.8. The Kier molecular flexibility index (Phi) is 7.51. The third-order valence-electron chi connectivity index (χ3n) is 3.46. The molecular formula is C18H17ClN2O5S. The number of amides is 3. The molecule has 0 saturated heterocycles. The van der Waals surface area contributed by atoms with E-state index in [0.29, 0.717) is 14.8 Å². The van der Waals surface area contributed by atoms with Crippen molar-refractivity contribution in [3.63, 3.8) is 0 Å². The summed E-state index contributed by atoms with van der Waals surface area (Å²) in [5.74, 6) is -1.76. The molecule has 0 aliphatic carbocycles. The van der Waals surface area contributed by atoms with Crippen LogP contribution in [0, 0.1) is 0 Å². The van der Waals surface area contributed by atoms with E-state index in [1.807, 2.05) is 0 Å². The zero-order valence-electron chi connectivity index (χ0n) is 14.4. The monoisotopic (exact) mass is 408 g/mol. The number of nitrogens with one attached hydrogen (secondary N) is 2. The molecule has 1 atom stereocenters. The van der Waals surface area contributed by atoms with E-state index in [-0.39, 0.29) is 18.6 Å². The molecule has 2 aromatic rings. The van der Waals surface area contributed by atoms with Crippen LogP contribution in [-0.4, -0.2) is 30.7 Å². The predicted molar refractivity (Wildman–Crippen MR) is 101 cm³/mol. The number of imide groups is 1. The molecule has 1 aromatic carbocycles. The van der Waals surface area contributed by atoms with Gasteiger partial charge in [0.15, 0.2) is 5.78 Å². The topological polar surface area (TPSA) is 102 Å². The molecule has 9 heteroatoms. The fourth-order valence-corrected chi connectivity index (χ4v) is 3.14. The number of carbonyl (C=O) groups excluding carboxylic acids is 4. The molecule has 27 heavy (non-hydrogen) atoms. The maximum absolute atomic E-state index is 12.3. The van der Waals surface area contributed by atoms with E-state index in [1.165, 1.54) is 7.05 Å². The molecule has 0 radical (unpaired) electrons. The Hall–Kier alpha value is -2.71. The fourth-order valence-electron chi connectivity index (χ4n) is 2.13. The minimum atomic E-state index is -1.30. The first-order valence-electron chi connectivity index (χ1n) is 7.96. The minimum absolute atomic E-state index is 0.0751. The maximum Gasteiger partial charge on any atom is 0.321 e. The molecule has 0 spiro atoms. The number of hydrogen-bond donors (Lipinski definition) is 2. The summed E-state index contributed by atoms with van der Waals surface area (Å²) in [5.41, 5.74) is 0.406. The van der Waals surface area contributed by atoms with Gasteiger partial charge in [0.05, 0.1) is 15.6 Å². The lowest BCUT2D eigenvalue weighted by atomic mass is 10.1. The van der Waals surface area contributed by atoms with Gasteiger partial charge in [-0.05, 0) is 12.1 Å². The van der Waals surface area contributed by atoms with E-state index in [4.69, 9.17) is 16.3 Å². The largest absolute Gasteiger partial charge is 0.447 e. The van der Waals surface area contributed by atoms with Crippen molar-refractivity contribution in [2.45, 2.75) is 18.9 Å². The molecule has 2 N–H and O–H groups in total. The average Bonchev–Trinajstić information content (AvgIpc) is 3.11. The fraction of sp³-hybridized carbons (Fsp3) is 0.222. The first-order chi connectivity index (χ1) is 12.9. The summed E-state index contributed by atoms with van der Waals surface area (Å²) in [4.78, 5) is 48.3. The van der Waals surface area contributed by atoms with Crippen LogP contribution in [0.15, 0.2) is 42.5 Å². The molecule has 0 unspecified atom stereocenters. The standard InChI is InChI=1S/C18H17ClN2O5S/c1-20-18(25)21-17(24)16(11-5-3-2-4-6-11)26-15(23)10-7-12(22)13-8-9-14(19)27-13/h2-6,8-9,16H,7,10H2,1H3,(H2,20,21,24,25)/t16-/m0/s1. The van der Waals surface area contributed by atoms with Gasteiger partial charge in [-0.1, -0.05) is 41.9 Å². The van der Waals surface area contributed by atoms with Crippen molar-refractivity contribution in [1.82, 2.24) is 10.6 Å². The molecule has 0 fully saturated rings. The zero-order valence-corrected chi connectivity index (χ0v) is 15.9. The van der Waals surface area contributed by atoms with Crippen LogP contribution in [0.25, 0.3) is 0 Å². The maximum atomic E-state index is 12.3. The van der Waals surface area contributed by atoms with E-state index in [2.05, 4.69) is 10.6 Å². The molecule has 1 heterocycles. The number of carbonyl (C=O) groups is 4. The highest BCUT2D eigenvalue weighted by Gasteiger charge is 2.26. The number of esters is 1. The quantitative estimate of drug-likeness (QED) is 0.541. The van der Waals surface area contributed by atoms with Crippen LogP contribution in [0.3, 0.4) is 0 Å². The second kappa shape index (κ2) is 9.84. The lowest BCUT2D eigenvalue weighted by Crippen LogP contribution is -2.41. The Morgan fingerprint density at radius 2 is 1.78 bits per heavy atom. The van der Waals surface area contributed by atoms with Crippen LogP contribution in [-0.2, 0) is 14.3 Å². The number of ketones is 1. The minimum Gasteiger partial charge on any atom is -0.447 e. The molecule has 2 rings (SSSR count). The summed E-state index contributed by atoms with van der Waals surface area (Å²) in [6.45, 7) is 0. The third kappa shape index (κ3) is 6.19. The summed E-state index contributed by atoms with van der Waals surface area (Å²) in [6, 6.07) is 10.8. The summed E-state index contributed by atoms with van der Waals surface area (Å²) >= 11 is 6.92. The van der Waals surface area contributed by atoms with Crippen LogP contribution in [0.4, 0.5) is 4.79 Å². The van der Waals surface area contributed by atoms with Crippen molar-refractivity contribution in [2.24, 2.45) is 0 Å². The number of urea groups is 1. The Balaban J connectivity index is 2.01. The van der Waals surface area contributed by atoms with Gasteiger partial charge < -0.3 is 10.1 Å². The molecule has 1 aromatic heterocycles. The molecule has 142 valence electrons. The lowest BCUT2D eigenvalue weighted by Gasteiger charge is -2.17. The van der Waals surface area contributed by atoms with Crippen LogP contribution in [0.1, 0.15) is 34.2 Å². The summed E-state index contributed by atoms with van der Waals surface area (Å²) in [5, 5.41) is 4.33. The van der Waals surface area contributed by atoms with Gasteiger partial charge >= 0.3 is 12.0 Å². The number of halogens is 1. The second-order valence-corrected chi connectivity index (χ2v) is 7.09. The molecule has 0 saturated carbocycles. The number of thiophene rings is 1. The van der Waals surface area contributed by atoms with E-state index in [1.54, 1.807) is 42.5 Å². The first-order valence-corrected chi connectivity index (χ1v) is 9.15. The van der Waals surface area contributed by atoms with Gasteiger partial charge in [-0.15, -0.1) is 11.3 Å². The molecule has 0 aliphatic rings. The highest BCUT2D eigenvalue weighted by atomic mass is 35.5. The van der Waals surface area contributed by atoms with Crippen molar-refractivity contribution in [2.75, 3.05) is 7.05 Å². The van der Waals surface area contributed by atoms with Gasteiger partial charge in [0.25, 0.3) is 5.91 Å². The number of ether oxygens (including phenoxy) is 1. The summed E-state index contributed by atoms with van der Waals surface area (Å²) < 4.78 is 5.71. The summed E-state index contributed by atoms with van der Waals surface area (Å²) in [7, 11) is 1.36. The van der Waals surface area contributed by atoms with Crippen molar-refractivity contribution < 1.29 is 23.9 Å². The average molecular weight is 409 g/mol. The van der Waals surface area contributed by atoms with Gasteiger partial charge in [-0.25, -0.2) is 4.79 Å². The van der Waals surface area contributed by atoms with E-state index in [9.17, 15) is 19.2 Å². The summed E-state index contributed by atoms with van der Waals surface area (Å²) in [6.07, 6.45) is -1.58. The highest BCUT2D eigenvalue weighted by Crippen LogP contribution is 2.23. The van der Waals surface area contributed by atoms with Gasteiger partial charge in [-0.3, -0.25) is 19.7 Å². The molecule has 0 aliphatic heterocycles. The Labute approximate surface area is 164 Å². The smallest absolute Gasteiger partial charge is 0.321 e. The third-order valence-corrected chi connectivity index (χ3v) is 4.73. The molecule has 0 bridgehead atoms.